The lowest BCUT2D eigenvalue weighted by Crippen LogP contribution is -2.16. The van der Waals surface area contributed by atoms with Gasteiger partial charge in [0.25, 0.3) is 0 Å². The van der Waals surface area contributed by atoms with Crippen molar-refractivity contribution in [3.8, 4) is 5.75 Å². The van der Waals surface area contributed by atoms with Gasteiger partial charge in [-0.3, -0.25) is 0 Å². The van der Waals surface area contributed by atoms with E-state index in [-0.39, 0.29) is 0 Å². The number of halogens is 1. The number of nitrogens with zero attached hydrogens (tertiary/aromatic N) is 2. The fourth-order valence-corrected chi connectivity index (χ4v) is 1.85. The molecule has 1 atom stereocenters. The van der Waals surface area contributed by atoms with Crippen molar-refractivity contribution < 1.29 is 4.74 Å². The molecule has 0 fully saturated rings. The van der Waals surface area contributed by atoms with E-state index in [1.807, 2.05) is 0 Å². The highest BCUT2D eigenvalue weighted by molar-refractivity contribution is 6.31. The average molecular weight is 258 g/mol. The molecule has 0 amide bonds. The van der Waals surface area contributed by atoms with E-state index in [1.165, 1.54) is 25.6 Å². The number of aromatic nitrogens is 2. The summed E-state index contributed by atoms with van der Waals surface area (Å²) >= 11 is 5.92. The molecule has 0 radical (unpaired) electrons. The Labute approximate surface area is 108 Å². The number of unbranched alkanes of at least 4 members (excludes halogenated alkanes) is 2. The van der Waals surface area contributed by atoms with Gasteiger partial charge in [-0.2, -0.15) is 0 Å². The lowest BCUT2D eigenvalue weighted by molar-refractivity contribution is 0.412. The summed E-state index contributed by atoms with van der Waals surface area (Å²) in [5, 5.41) is 3.64. The van der Waals surface area contributed by atoms with Gasteiger partial charge in [-0.05, 0) is 13.3 Å². The number of nitrogens with one attached hydrogen (secondary N) is 1. The minimum absolute atomic E-state index is 0.339. The van der Waals surface area contributed by atoms with Crippen LogP contribution in [-0.4, -0.2) is 23.1 Å². The fourth-order valence-electron chi connectivity index (χ4n) is 1.64. The largest absolute Gasteiger partial charge is 0.490 e. The number of anilines is 1. The molecular weight excluding hydrogens is 238 g/mol. The van der Waals surface area contributed by atoms with Crippen LogP contribution in [0.5, 0.6) is 5.75 Å². The van der Waals surface area contributed by atoms with Crippen LogP contribution in [0.2, 0.25) is 5.15 Å². The van der Waals surface area contributed by atoms with Gasteiger partial charge in [0.05, 0.1) is 7.11 Å². The second kappa shape index (κ2) is 7.33. The Morgan fingerprint density at radius 2 is 2.18 bits per heavy atom. The maximum absolute atomic E-state index is 5.92. The minimum Gasteiger partial charge on any atom is -0.490 e. The van der Waals surface area contributed by atoms with Gasteiger partial charge >= 0.3 is 0 Å². The van der Waals surface area contributed by atoms with Gasteiger partial charge in [0.1, 0.15) is 6.33 Å². The Bertz CT molecular complexity index is 347. The Balaban J connectivity index is 2.58. The highest BCUT2D eigenvalue weighted by atomic mass is 35.5. The molecule has 0 aromatic carbocycles. The van der Waals surface area contributed by atoms with Crippen LogP contribution in [0.1, 0.15) is 39.5 Å². The molecule has 1 aromatic heterocycles. The molecule has 96 valence electrons. The first-order valence-corrected chi connectivity index (χ1v) is 6.37. The van der Waals surface area contributed by atoms with Crippen molar-refractivity contribution in [2.24, 2.45) is 0 Å². The Morgan fingerprint density at radius 3 is 2.82 bits per heavy atom. The van der Waals surface area contributed by atoms with Gasteiger partial charge in [-0.25, -0.2) is 9.97 Å². The molecule has 1 heterocycles. The van der Waals surface area contributed by atoms with E-state index in [1.54, 1.807) is 7.11 Å². The predicted molar refractivity (Wildman–Crippen MR) is 70.8 cm³/mol. The van der Waals surface area contributed by atoms with Crippen LogP contribution in [-0.2, 0) is 0 Å². The topological polar surface area (TPSA) is 47.0 Å². The summed E-state index contributed by atoms with van der Waals surface area (Å²) in [5.41, 5.74) is 0. The summed E-state index contributed by atoms with van der Waals surface area (Å²) in [5.74, 6) is 1.17. The standard InChI is InChI=1S/C12H20ClN3O/c1-4-5-6-7-9(2)16-12-10(17-3)11(13)14-8-15-12/h8-9H,4-7H2,1-3H3,(H,14,15,16). The van der Waals surface area contributed by atoms with Crippen molar-refractivity contribution >= 4 is 17.4 Å². The van der Waals surface area contributed by atoms with Gasteiger partial charge in [0.15, 0.2) is 16.7 Å². The van der Waals surface area contributed by atoms with Crippen molar-refractivity contribution in [1.29, 1.82) is 0 Å². The van der Waals surface area contributed by atoms with Crippen LogP contribution in [0.4, 0.5) is 5.82 Å². The van der Waals surface area contributed by atoms with E-state index in [0.29, 0.717) is 22.8 Å². The van der Waals surface area contributed by atoms with E-state index in [4.69, 9.17) is 16.3 Å². The van der Waals surface area contributed by atoms with E-state index in [2.05, 4.69) is 29.1 Å². The quantitative estimate of drug-likeness (QED) is 0.600. The van der Waals surface area contributed by atoms with E-state index < -0.39 is 0 Å². The third-order valence-electron chi connectivity index (χ3n) is 2.59. The maximum atomic E-state index is 5.92. The van der Waals surface area contributed by atoms with Crippen LogP contribution in [0.3, 0.4) is 0 Å². The molecule has 4 nitrogen and oxygen atoms in total. The molecular formula is C12H20ClN3O. The van der Waals surface area contributed by atoms with Crippen LogP contribution in [0.25, 0.3) is 0 Å². The van der Waals surface area contributed by atoms with Crippen LogP contribution >= 0.6 is 11.6 Å². The summed E-state index contributed by atoms with van der Waals surface area (Å²) < 4.78 is 5.18. The molecule has 0 saturated heterocycles. The summed E-state index contributed by atoms with van der Waals surface area (Å²) in [7, 11) is 1.57. The lowest BCUT2D eigenvalue weighted by Gasteiger charge is -2.16. The summed E-state index contributed by atoms with van der Waals surface area (Å²) in [6, 6.07) is 0.349. The summed E-state index contributed by atoms with van der Waals surface area (Å²) in [6.07, 6.45) is 6.25. The Morgan fingerprint density at radius 1 is 1.41 bits per heavy atom. The predicted octanol–water partition coefficient (Wildman–Crippen LogP) is 3.52. The van der Waals surface area contributed by atoms with Crippen LogP contribution in [0, 0.1) is 0 Å². The monoisotopic (exact) mass is 257 g/mol. The lowest BCUT2D eigenvalue weighted by atomic mass is 10.1. The van der Waals surface area contributed by atoms with Crippen LogP contribution < -0.4 is 10.1 Å². The third kappa shape index (κ3) is 4.38. The third-order valence-corrected chi connectivity index (χ3v) is 2.86. The van der Waals surface area contributed by atoms with Gasteiger partial charge in [0, 0.05) is 6.04 Å². The molecule has 5 heteroatoms. The van der Waals surface area contributed by atoms with Crippen molar-refractivity contribution in [2.45, 2.75) is 45.6 Å². The second-order valence-corrected chi connectivity index (χ2v) is 4.45. The molecule has 1 aromatic rings. The van der Waals surface area contributed by atoms with Gasteiger partial charge in [0.2, 0.25) is 0 Å². The molecule has 0 aliphatic rings. The van der Waals surface area contributed by atoms with Crippen LogP contribution in [0.15, 0.2) is 6.33 Å². The smallest absolute Gasteiger partial charge is 0.198 e. The number of methoxy groups -OCH3 is 1. The second-order valence-electron chi connectivity index (χ2n) is 4.09. The number of hydrogen-bond donors (Lipinski definition) is 1. The first kappa shape index (κ1) is 14.0. The molecule has 1 N–H and O–H groups in total. The Hall–Kier alpha value is -1.03. The zero-order valence-corrected chi connectivity index (χ0v) is 11.4. The normalized spacial score (nSPS) is 12.2. The highest BCUT2D eigenvalue weighted by Crippen LogP contribution is 2.29. The first-order valence-electron chi connectivity index (χ1n) is 6.00. The fraction of sp³-hybridized carbons (Fsp3) is 0.667. The van der Waals surface area contributed by atoms with Gasteiger partial charge in [-0.15, -0.1) is 0 Å². The number of ether oxygens (including phenoxy) is 1. The van der Waals surface area contributed by atoms with E-state index >= 15 is 0 Å². The minimum atomic E-state index is 0.339. The molecule has 0 saturated carbocycles. The van der Waals surface area contributed by atoms with Crippen molar-refractivity contribution in [3.63, 3.8) is 0 Å². The number of hydrogen-bond acceptors (Lipinski definition) is 4. The van der Waals surface area contributed by atoms with Gasteiger partial charge < -0.3 is 10.1 Å². The van der Waals surface area contributed by atoms with E-state index in [0.717, 1.165) is 6.42 Å². The molecule has 0 spiro atoms. The van der Waals surface area contributed by atoms with Crippen molar-refractivity contribution in [1.82, 2.24) is 9.97 Å². The molecule has 0 bridgehead atoms. The Kier molecular flexibility index (Phi) is 6.05. The highest BCUT2D eigenvalue weighted by Gasteiger charge is 2.12. The first-order chi connectivity index (χ1) is 8.19. The molecule has 1 rings (SSSR count). The summed E-state index contributed by atoms with van der Waals surface area (Å²) in [6.45, 7) is 4.33. The maximum Gasteiger partial charge on any atom is 0.198 e. The number of rotatable bonds is 7. The molecule has 1 unspecified atom stereocenters. The van der Waals surface area contributed by atoms with E-state index in [9.17, 15) is 0 Å². The zero-order valence-electron chi connectivity index (χ0n) is 10.7. The van der Waals surface area contributed by atoms with Gasteiger partial charge in [-0.1, -0.05) is 37.8 Å². The zero-order chi connectivity index (χ0) is 12.7. The van der Waals surface area contributed by atoms with Crippen molar-refractivity contribution in [2.75, 3.05) is 12.4 Å². The molecule has 0 aliphatic carbocycles. The SMILES string of the molecule is CCCCCC(C)Nc1ncnc(Cl)c1OC. The molecule has 17 heavy (non-hydrogen) atoms. The summed E-state index contributed by atoms with van der Waals surface area (Å²) in [4.78, 5) is 8.03. The van der Waals surface area contributed by atoms with Crippen molar-refractivity contribution in [3.05, 3.63) is 11.5 Å². The average Bonchev–Trinajstić information content (AvgIpc) is 2.29. The molecule has 0 aliphatic heterocycles.